The molecule has 2 heterocycles. The third kappa shape index (κ3) is 11.1. The maximum Gasteiger partial charge on any atom is 0.292 e. The van der Waals surface area contributed by atoms with Crippen LogP contribution in [0.2, 0.25) is 0 Å². The van der Waals surface area contributed by atoms with Crippen LogP contribution < -0.4 is 5.32 Å². The Labute approximate surface area is 379 Å². The number of fused-ring (bicyclic) bond motifs is 4. The molecule has 8 rings (SSSR count). The predicted molar refractivity (Wildman–Crippen MR) is 244 cm³/mol. The molecule has 63 heavy (non-hydrogen) atoms. The van der Waals surface area contributed by atoms with Gasteiger partial charge in [0.25, 0.3) is 11.4 Å². The van der Waals surface area contributed by atoms with Crippen molar-refractivity contribution in [2.24, 2.45) is 28.8 Å². The molecular formula is C48H45Cl2N10O3+. The Kier molecular flexibility index (Phi) is 17.1. The molecule has 2 N–H and O–H groups in total. The summed E-state index contributed by atoms with van der Waals surface area (Å²) in [5, 5.41) is 32.6. The third-order valence-electron chi connectivity index (χ3n) is 11.1. The van der Waals surface area contributed by atoms with Crippen LogP contribution in [0, 0.1) is 78.7 Å². The smallest absolute Gasteiger partial charge is 0.292 e. The van der Waals surface area contributed by atoms with Crippen LogP contribution in [0.1, 0.15) is 70.9 Å². The average Bonchev–Trinajstić information content (AvgIpc) is 4.17. The largest absolute Gasteiger partial charge is 0.505 e. The first-order valence-corrected chi connectivity index (χ1v) is 20.9. The number of ether oxygens (including phenoxy) is 2. The molecule has 0 saturated heterocycles. The Bertz CT molecular complexity index is 2480. The van der Waals surface area contributed by atoms with E-state index in [-0.39, 0.29) is 39.6 Å². The van der Waals surface area contributed by atoms with Crippen molar-refractivity contribution in [3.63, 3.8) is 0 Å². The van der Waals surface area contributed by atoms with E-state index >= 15 is 0 Å². The van der Waals surface area contributed by atoms with Crippen molar-refractivity contribution < 1.29 is 14.6 Å². The fraction of sp³-hybridized carbons (Fsp3) is 0.375. The summed E-state index contributed by atoms with van der Waals surface area (Å²) < 4.78 is 11.6. The van der Waals surface area contributed by atoms with Crippen molar-refractivity contribution in [2.75, 3.05) is 17.8 Å². The Morgan fingerprint density at radius 3 is 1.57 bits per heavy atom. The Balaban J connectivity index is 0.000000222. The molecule has 15 heteroatoms. The first kappa shape index (κ1) is 48.6. The lowest BCUT2D eigenvalue weighted by Crippen LogP contribution is -2.25. The van der Waals surface area contributed by atoms with Crippen LogP contribution in [0.4, 0.5) is 11.4 Å². The maximum atomic E-state index is 9.21. The molecular weight excluding hydrogens is 836 g/mol. The first-order chi connectivity index (χ1) is 30.3. The first-order valence-electron chi connectivity index (χ1n) is 19.9. The van der Waals surface area contributed by atoms with Crippen molar-refractivity contribution in [3.8, 4) is 12.1 Å². The molecule has 6 aliphatic rings. The van der Waals surface area contributed by atoms with E-state index in [0.717, 1.165) is 30.2 Å². The van der Waals surface area contributed by atoms with Gasteiger partial charge in [-0.15, -0.1) is 23.2 Å². The third-order valence-corrected chi connectivity index (χ3v) is 11.1. The predicted octanol–water partition coefficient (Wildman–Crippen LogP) is 12.7. The normalized spacial score (nSPS) is 24.2. The number of benzene rings is 2. The highest BCUT2D eigenvalue weighted by Crippen LogP contribution is 2.48. The number of azide groups is 1. The molecule has 2 aromatic carbocycles. The number of nitrogens with one attached hydrogen (secondary N) is 1. The van der Waals surface area contributed by atoms with Gasteiger partial charge in [0.05, 0.1) is 43.8 Å². The summed E-state index contributed by atoms with van der Waals surface area (Å²) in [6.45, 7) is 36.5. The molecule has 4 aliphatic carbocycles. The molecule has 0 radical (unpaired) electrons. The van der Waals surface area contributed by atoms with Crippen molar-refractivity contribution >= 4 is 45.7 Å². The number of rotatable bonds is 5. The monoisotopic (exact) mass is 879 g/mol. The number of aliphatic hydroxyl groups excluding tert-OH is 1. The van der Waals surface area contributed by atoms with E-state index in [9.17, 15) is 5.26 Å². The van der Waals surface area contributed by atoms with Crippen molar-refractivity contribution in [1.29, 1.82) is 10.5 Å². The van der Waals surface area contributed by atoms with Crippen molar-refractivity contribution in [1.82, 2.24) is 0 Å². The van der Waals surface area contributed by atoms with Gasteiger partial charge in [-0.25, -0.2) is 29.9 Å². The number of halogens is 2. The minimum atomic E-state index is -0.859. The SMILES string of the molecule is CO.ClCCl.[C+]1=CC2CCC1C2.[C-]#[N+]C1=C(c2ccc(N=[N+]=[N-])cc2)C(C)(C)O/C1=C(\C#N)[N+]#[C-].[C-]#[N+]C1=C(c2ccc(NC3C4C=CC3CC4)cc2)C(C)(C)O/C1=C(\C#N)[N+]#[C-]. The van der Waals surface area contributed by atoms with E-state index in [2.05, 4.69) is 59.0 Å². The Hall–Kier alpha value is -7.02. The van der Waals surface area contributed by atoms with Crippen LogP contribution in [0.3, 0.4) is 0 Å². The number of aliphatic hydroxyl groups is 1. The van der Waals surface area contributed by atoms with E-state index in [1.54, 1.807) is 44.2 Å². The minimum Gasteiger partial charge on any atom is -0.505 e. The molecule has 2 aromatic rings. The minimum absolute atomic E-state index is 0.0108. The summed E-state index contributed by atoms with van der Waals surface area (Å²) in [6, 6.07) is 18.8. The molecule has 13 nitrogen and oxygen atoms in total. The van der Waals surface area contributed by atoms with Crippen LogP contribution in [0.5, 0.6) is 0 Å². The molecule has 4 bridgehead atoms. The fourth-order valence-electron chi connectivity index (χ4n) is 8.52. The average molecular weight is 881 g/mol. The van der Waals surface area contributed by atoms with E-state index in [1.807, 2.05) is 44.2 Å². The Morgan fingerprint density at radius 2 is 1.27 bits per heavy atom. The summed E-state index contributed by atoms with van der Waals surface area (Å²) in [5.74, 6) is 3.14. The summed E-state index contributed by atoms with van der Waals surface area (Å²) >= 11 is 9.53. The Morgan fingerprint density at radius 1 is 0.810 bits per heavy atom. The van der Waals surface area contributed by atoms with Gasteiger partial charge in [0, 0.05) is 59.3 Å². The maximum absolute atomic E-state index is 9.21. The molecule has 2 fully saturated rings. The van der Waals surface area contributed by atoms with Gasteiger partial charge in [-0.3, -0.25) is 0 Å². The highest BCUT2D eigenvalue weighted by Gasteiger charge is 2.42. The lowest BCUT2D eigenvalue weighted by atomic mass is 9.91. The molecule has 2 saturated carbocycles. The van der Waals surface area contributed by atoms with E-state index < -0.39 is 11.2 Å². The number of nitriles is 2. The van der Waals surface area contributed by atoms with Crippen LogP contribution in [-0.4, -0.2) is 34.8 Å². The molecule has 0 aromatic heterocycles. The van der Waals surface area contributed by atoms with Crippen LogP contribution in [0.25, 0.3) is 41.0 Å². The molecule has 2 aliphatic heterocycles. The molecule has 4 unspecified atom stereocenters. The quantitative estimate of drug-likeness (QED) is 0.0577. The summed E-state index contributed by atoms with van der Waals surface area (Å²) in [6.07, 6.45) is 17.0. The van der Waals surface area contributed by atoms with E-state index in [0.29, 0.717) is 40.3 Å². The van der Waals surface area contributed by atoms with Gasteiger partial charge in [0.1, 0.15) is 22.7 Å². The number of allylic oxidation sites excluding steroid dienone is 4. The van der Waals surface area contributed by atoms with Crippen LogP contribution >= 0.6 is 23.2 Å². The zero-order valence-corrected chi connectivity index (χ0v) is 37.0. The van der Waals surface area contributed by atoms with Gasteiger partial charge in [0.2, 0.25) is 17.5 Å². The zero-order chi connectivity index (χ0) is 46.3. The fourth-order valence-corrected chi connectivity index (χ4v) is 8.52. The second-order valence-electron chi connectivity index (χ2n) is 15.7. The number of hydrogen-bond donors (Lipinski definition) is 2. The van der Waals surface area contributed by atoms with E-state index in [1.165, 1.54) is 32.1 Å². The summed E-state index contributed by atoms with van der Waals surface area (Å²) in [7, 11) is 1.00. The summed E-state index contributed by atoms with van der Waals surface area (Å²) in [5.41, 5.74) is 11.1. The molecule has 0 amide bonds. The zero-order valence-electron chi connectivity index (χ0n) is 35.5. The van der Waals surface area contributed by atoms with Gasteiger partial charge < -0.3 is 19.9 Å². The van der Waals surface area contributed by atoms with Crippen LogP contribution in [0.15, 0.2) is 106 Å². The number of anilines is 1. The highest BCUT2D eigenvalue weighted by atomic mass is 35.5. The second-order valence-corrected chi connectivity index (χ2v) is 16.5. The molecule has 4 atom stereocenters. The molecule has 318 valence electrons. The van der Waals surface area contributed by atoms with Gasteiger partial charge >= 0.3 is 0 Å². The second kappa shape index (κ2) is 22.2. The van der Waals surface area contributed by atoms with Gasteiger partial charge in [-0.1, -0.05) is 53.7 Å². The van der Waals surface area contributed by atoms with E-state index in [4.69, 9.17) is 74.9 Å². The standard InChI is InChI=1S/C23H20N4O.C16H10N6O.C7H9.CH2Cl2.CH4O/c1-23(2)19(21(26-4)22(28-23)18(13-24)25-3)14-9-11-17(12-10-14)27-20-15-5-6-16(20)8-7-15;1-16(2)13(10-5-7-11(8-6-10)21-22-18)14(20-4)15(23-16)12(9-17)19-3;1-2-7-4-3-6(1)5-7;2-1-3;1-2/h5-6,9-12,15-16,20,27H,7-8H2,1-2H3;5-8H,1-2H3;1,6-7H,3-5H2;1H2;2H,1H3/q;;+1;;/b22-18+;15-12+;;;. The summed E-state index contributed by atoms with van der Waals surface area (Å²) in [4.78, 5) is 16.1. The lowest BCUT2D eigenvalue weighted by Gasteiger charge is -2.24. The highest BCUT2D eigenvalue weighted by molar-refractivity contribution is 6.40. The van der Waals surface area contributed by atoms with Crippen molar-refractivity contribution in [2.45, 2.75) is 77.0 Å². The lowest BCUT2D eigenvalue weighted by molar-refractivity contribution is 0.108. The number of nitrogens with zero attached hydrogens (tertiary/aromatic N) is 9. The molecule has 0 spiro atoms. The van der Waals surface area contributed by atoms with Gasteiger partial charge in [-0.2, -0.15) is 0 Å². The van der Waals surface area contributed by atoms with Crippen LogP contribution in [-0.2, 0) is 9.47 Å². The number of alkyl halides is 2. The van der Waals surface area contributed by atoms with Gasteiger partial charge in [-0.05, 0) is 87.6 Å². The topological polar surface area (TPSA) is 164 Å². The number of hydrogen-bond acceptors (Lipinski definition) is 7. The van der Waals surface area contributed by atoms with Gasteiger partial charge in [0.15, 0.2) is 12.0 Å². The van der Waals surface area contributed by atoms with Crippen molar-refractivity contribution in [3.05, 3.63) is 174 Å².